The number of nitriles is 1. The molecular weight excluding hydrogens is 548 g/mol. The number of benzene rings is 2. The lowest BCUT2D eigenvalue weighted by Gasteiger charge is -2.06. The molecule has 4 aromatic rings. The van der Waals surface area contributed by atoms with Crippen LogP contribution in [0.1, 0.15) is 55.4 Å². The van der Waals surface area contributed by atoms with Gasteiger partial charge in [-0.3, -0.25) is 4.79 Å². The molecule has 0 bridgehead atoms. The van der Waals surface area contributed by atoms with Crippen molar-refractivity contribution in [1.29, 1.82) is 5.26 Å². The number of thiophene rings is 1. The molecule has 40 heavy (non-hydrogen) atoms. The first-order chi connectivity index (χ1) is 19.3. The molecule has 0 fully saturated rings. The Kier molecular flexibility index (Phi) is 9.20. The van der Waals surface area contributed by atoms with Crippen LogP contribution >= 0.6 is 22.9 Å². The first kappa shape index (κ1) is 28.8. The molecule has 4 rings (SSSR count). The van der Waals surface area contributed by atoms with E-state index in [1.807, 2.05) is 65.4 Å². The van der Waals surface area contributed by atoms with E-state index in [2.05, 4.69) is 0 Å². The molecular formula is C31H27ClN2O5S. The van der Waals surface area contributed by atoms with Crippen LogP contribution in [-0.4, -0.2) is 35.5 Å². The topological polar surface area (TPSA) is 98.4 Å². The van der Waals surface area contributed by atoms with Gasteiger partial charge in [0.15, 0.2) is 5.78 Å². The minimum atomic E-state index is -0.624. The van der Waals surface area contributed by atoms with Gasteiger partial charge >= 0.3 is 11.9 Å². The zero-order chi connectivity index (χ0) is 28.8. The number of ether oxygens (including phenoxy) is 2. The molecule has 0 amide bonds. The lowest BCUT2D eigenvalue weighted by molar-refractivity contribution is -0.114. The van der Waals surface area contributed by atoms with E-state index >= 15 is 0 Å². The second-order valence-corrected chi connectivity index (χ2v) is 10.5. The molecule has 0 saturated carbocycles. The zero-order valence-corrected chi connectivity index (χ0v) is 23.9. The first-order valence-electron chi connectivity index (χ1n) is 12.7. The summed E-state index contributed by atoms with van der Waals surface area (Å²) in [6.45, 7) is 5.85. The average molecular weight is 575 g/mol. The minimum Gasteiger partial charge on any atom is -0.462 e. The lowest BCUT2D eigenvalue weighted by Crippen LogP contribution is -2.12. The lowest BCUT2D eigenvalue weighted by atomic mass is 10.0. The van der Waals surface area contributed by atoms with E-state index in [0.29, 0.717) is 27.6 Å². The second kappa shape index (κ2) is 12.8. The summed E-state index contributed by atoms with van der Waals surface area (Å²) in [6.07, 6.45) is 3.23. The maximum atomic E-state index is 13.4. The standard InChI is InChI=1S/C31H27ClN2O5S/c1-4-38-30(36)28-19(3)29(31(37)39-5-2)40-27(28)15-26(35)21(16-33)14-22-18-34(25-12-7-6-11-24(22)25)17-20-9-8-10-23(32)13-20/h6-14,18H,4-5,15,17H2,1-3H3. The quantitative estimate of drug-likeness (QED) is 0.117. The summed E-state index contributed by atoms with van der Waals surface area (Å²) in [5.41, 5.74) is 3.16. The third-order valence-corrected chi connectivity index (χ3v) is 7.77. The van der Waals surface area contributed by atoms with E-state index in [4.69, 9.17) is 21.1 Å². The SMILES string of the molecule is CCOC(=O)c1sc(CC(=O)C(C#N)=Cc2cn(Cc3cccc(Cl)c3)c3ccccc23)c(C(=O)OCC)c1C. The number of ketones is 1. The van der Waals surface area contributed by atoms with E-state index in [9.17, 15) is 19.6 Å². The molecule has 0 unspecified atom stereocenters. The summed E-state index contributed by atoms with van der Waals surface area (Å²) < 4.78 is 12.4. The summed E-state index contributed by atoms with van der Waals surface area (Å²) in [5, 5.41) is 11.5. The second-order valence-electron chi connectivity index (χ2n) is 8.92. The van der Waals surface area contributed by atoms with Gasteiger partial charge in [0, 0.05) is 45.5 Å². The van der Waals surface area contributed by atoms with Gasteiger partial charge in [-0.05, 0) is 56.2 Å². The van der Waals surface area contributed by atoms with Crippen molar-refractivity contribution in [2.45, 2.75) is 33.7 Å². The molecule has 7 nitrogen and oxygen atoms in total. The number of nitrogens with zero attached hydrogens (tertiary/aromatic N) is 2. The fraction of sp³-hybridized carbons (Fsp3) is 0.226. The van der Waals surface area contributed by atoms with Gasteiger partial charge in [-0.15, -0.1) is 11.3 Å². The largest absolute Gasteiger partial charge is 0.462 e. The minimum absolute atomic E-state index is 0.0656. The van der Waals surface area contributed by atoms with Crippen LogP contribution in [0.25, 0.3) is 17.0 Å². The van der Waals surface area contributed by atoms with Crippen LogP contribution in [0.15, 0.2) is 60.3 Å². The van der Waals surface area contributed by atoms with E-state index in [1.165, 1.54) is 0 Å². The van der Waals surface area contributed by atoms with E-state index in [-0.39, 0.29) is 35.6 Å². The van der Waals surface area contributed by atoms with Gasteiger partial charge in [-0.25, -0.2) is 9.59 Å². The van der Waals surface area contributed by atoms with Gasteiger partial charge in [-0.2, -0.15) is 5.26 Å². The van der Waals surface area contributed by atoms with Crippen LogP contribution < -0.4 is 0 Å². The summed E-state index contributed by atoms with van der Waals surface area (Å²) >= 11 is 7.18. The fourth-order valence-corrected chi connectivity index (χ4v) is 5.88. The zero-order valence-electron chi connectivity index (χ0n) is 22.3. The van der Waals surface area contributed by atoms with Crippen molar-refractivity contribution in [3.63, 3.8) is 0 Å². The third-order valence-electron chi connectivity index (χ3n) is 6.26. The number of allylic oxidation sites excluding steroid dienone is 1. The summed E-state index contributed by atoms with van der Waals surface area (Å²) in [7, 11) is 0. The highest BCUT2D eigenvalue weighted by Crippen LogP contribution is 2.32. The predicted molar refractivity (Wildman–Crippen MR) is 156 cm³/mol. The number of halogens is 1. The van der Waals surface area contributed by atoms with Crippen molar-refractivity contribution >= 4 is 57.6 Å². The maximum absolute atomic E-state index is 13.4. The molecule has 0 aliphatic carbocycles. The number of aromatic nitrogens is 1. The Morgan fingerprint density at radius 2 is 1.77 bits per heavy atom. The van der Waals surface area contributed by atoms with Crippen LogP contribution in [0, 0.1) is 18.3 Å². The van der Waals surface area contributed by atoms with E-state index in [1.54, 1.807) is 26.8 Å². The molecule has 204 valence electrons. The molecule has 0 radical (unpaired) electrons. The Labute approximate surface area is 241 Å². The molecule has 0 aliphatic heterocycles. The molecule has 2 aromatic carbocycles. The number of carbonyl (C=O) groups is 3. The number of para-hydroxylation sites is 1. The van der Waals surface area contributed by atoms with E-state index in [0.717, 1.165) is 27.8 Å². The normalized spacial score (nSPS) is 11.3. The summed E-state index contributed by atoms with van der Waals surface area (Å²) in [6, 6.07) is 17.3. The number of hydrogen-bond acceptors (Lipinski definition) is 7. The molecule has 0 atom stereocenters. The van der Waals surface area contributed by atoms with Gasteiger partial charge in [0.2, 0.25) is 0 Å². The van der Waals surface area contributed by atoms with Gasteiger partial charge in [0.25, 0.3) is 0 Å². The third kappa shape index (κ3) is 6.17. The Hall–Kier alpha value is -4.19. The Balaban J connectivity index is 1.70. The van der Waals surface area contributed by atoms with Crippen molar-refractivity contribution in [3.05, 3.63) is 97.3 Å². The number of carbonyl (C=O) groups excluding carboxylic acids is 3. The highest BCUT2D eigenvalue weighted by molar-refractivity contribution is 7.14. The summed E-state index contributed by atoms with van der Waals surface area (Å²) in [5.74, 6) is -1.67. The molecule has 0 N–H and O–H groups in total. The van der Waals surface area contributed by atoms with E-state index < -0.39 is 17.7 Å². The van der Waals surface area contributed by atoms with Crippen molar-refractivity contribution in [2.24, 2.45) is 0 Å². The maximum Gasteiger partial charge on any atom is 0.348 e. The highest BCUT2D eigenvalue weighted by atomic mass is 35.5. The van der Waals surface area contributed by atoms with Crippen LogP contribution in [0.4, 0.5) is 0 Å². The number of Topliss-reactive ketones (excluding diaryl/α,β-unsaturated/α-hetero) is 1. The van der Waals surface area contributed by atoms with Crippen molar-refractivity contribution in [1.82, 2.24) is 4.57 Å². The molecule has 0 saturated heterocycles. The van der Waals surface area contributed by atoms with Crippen LogP contribution in [0.3, 0.4) is 0 Å². The predicted octanol–water partition coefficient (Wildman–Crippen LogP) is 6.79. The average Bonchev–Trinajstić information content (AvgIpc) is 3.44. The Bertz CT molecular complexity index is 1670. The van der Waals surface area contributed by atoms with Crippen molar-refractivity contribution < 1.29 is 23.9 Å². The molecule has 9 heteroatoms. The number of fused-ring (bicyclic) bond motifs is 1. The van der Waals surface area contributed by atoms with Crippen LogP contribution in [-0.2, 0) is 27.2 Å². The molecule has 0 aliphatic rings. The van der Waals surface area contributed by atoms with Crippen LogP contribution in [0.5, 0.6) is 0 Å². The highest BCUT2D eigenvalue weighted by Gasteiger charge is 2.28. The van der Waals surface area contributed by atoms with Crippen LogP contribution in [0.2, 0.25) is 5.02 Å². The molecule has 0 spiro atoms. The molecule has 2 aromatic heterocycles. The fourth-order valence-electron chi connectivity index (χ4n) is 4.48. The van der Waals surface area contributed by atoms with Crippen molar-refractivity contribution in [2.75, 3.05) is 13.2 Å². The Morgan fingerprint density at radius 3 is 2.48 bits per heavy atom. The molecule has 2 heterocycles. The first-order valence-corrected chi connectivity index (χ1v) is 13.9. The van der Waals surface area contributed by atoms with Gasteiger partial charge in [0.05, 0.1) is 24.4 Å². The van der Waals surface area contributed by atoms with Gasteiger partial charge in [0.1, 0.15) is 10.9 Å². The van der Waals surface area contributed by atoms with Gasteiger partial charge < -0.3 is 14.0 Å². The number of hydrogen-bond donors (Lipinski definition) is 0. The summed E-state index contributed by atoms with van der Waals surface area (Å²) in [4.78, 5) is 39.2. The smallest absolute Gasteiger partial charge is 0.348 e. The van der Waals surface area contributed by atoms with Gasteiger partial charge in [-0.1, -0.05) is 41.9 Å². The van der Waals surface area contributed by atoms with Crippen molar-refractivity contribution in [3.8, 4) is 6.07 Å². The number of esters is 2. The Morgan fingerprint density at radius 1 is 1.05 bits per heavy atom. The number of rotatable bonds is 10. The monoisotopic (exact) mass is 574 g/mol.